The molecule has 5 heteroatoms. The van der Waals surface area contributed by atoms with Gasteiger partial charge in [-0.05, 0) is 42.0 Å². The molecule has 5 nitrogen and oxygen atoms in total. The van der Waals surface area contributed by atoms with Gasteiger partial charge in [-0.1, -0.05) is 12.1 Å². The van der Waals surface area contributed by atoms with Gasteiger partial charge in [-0.2, -0.15) is 0 Å². The quantitative estimate of drug-likeness (QED) is 0.579. The minimum atomic E-state index is 0.690. The van der Waals surface area contributed by atoms with E-state index in [0.717, 1.165) is 34.0 Å². The van der Waals surface area contributed by atoms with Gasteiger partial charge < -0.3 is 4.74 Å². The van der Waals surface area contributed by atoms with Gasteiger partial charge in [0.15, 0.2) is 5.65 Å². The lowest BCUT2D eigenvalue weighted by Gasteiger charge is -2.09. The average molecular weight is 316 g/mol. The molecule has 3 heterocycles. The van der Waals surface area contributed by atoms with Gasteiger partial charge in [-0.3, -0.25) is 9.55 Å². The Hall–Kier alpha value is -3.21. The summed E-state index contributed by atoms with van der Waals surface area (Å²) < 4.78 is 7.40. The number of pyridine rings is 2. The normalized spacial score (nSPS) is 10.9. The third kappa shape index (κ3) is 2.60. The first-order valence-corrected chi connectivity index (χ1v) is 7.71. The Morgan fingerprint density at radius 2 is 1.88 bits per heavy atom. The highest BCUT2D eigenvalue weighted by Crippen LogP contribution is 2.22. The summed E-state index contributed by atoms with van der Waals surface area (Å²) in [7, 11) is 1.68. The van der Waals surface area contributed by atoms with Crippen LogP contribution in [0.5, 0.6) is 5.75 Å². The molecule has 0 aliphatic heterocycles. The van der Waals surface area contributed by atoms with Crippen molar-refractivity contribution in [2.45, 2.75) is 6.42 Å². The molecule has 0 saturated heterocycles. The van der Waals surface area contributed by atoms with E-state index in [-0.39, 0.29) is 0 Å². The van der Waals surface area contributed by atoms with Gasteiger partial charge in [0.05, 0.1) is 12.8 Å². The lowest BCUT2D eigenvalue weighted by molar-refractivity contribution is 0.414. The number of hydrogen-bond acceptors (Lipinski definition) is 4. The highest BCUT2D eigenvalue weighted by molar-refractivity contribution is 5.73. The molecule has 24 heavy (non-hydrogen) atoms. The van der Waals surface area contributed by atoms with Gasteiger partial charge in [-0.15, -0.1) is 0 Å². The van der Waals surface area contributed by atoms with Gasteiger partial charge in [0, 0.05) is 25.0 Å². The number of fused-ring (bicyclic) bond motifs is 1. The van der Waals surface area contributed by atoms with Crippen molar-refractivity contribution in [3.63, 3.8) is 0 Å². The fourth-order valence-corrected chi connectivity index (χ4v) is 2.81. The maximum atomic E-state index is 5.32. The van der Waals surface area contributed by atoms with Crippen molar-refractivity contribution in [1.82, 2.24) is 19.5 Å². The van der Waals surface area contributed by atoms with E-state index in [0.29, 0.717) is 6.42 Å². The molecule has 0 spiro atoms. The molecule has 0 bridgehead atoms. The number of nitrogens with zero attached hydrogens (tertiary/aromatic N) is 4. The van der Waals surface area contributed by atoms with Crippen molar-refractivity contribution in [2.75, 3.05) is 7.11 Å². The Morgan fingerprint density at radius 3 is 2.71 bits per heavy atom. The lowest BCUT2D eigenvalue weighted by atomic mass is 10.1. The summed E-state index contributed by atoms with van der Waals surface area (Å²) in [6.45, 7) is 0. The van der Waals surface area contributed by atoms with E-state index in [9.17, 15) is 0 Å². The van der Waals surface area contributed by atoms with E-state index in [1.165, 1.54) is 0 Å². The lowest BCUT2D eigenvalue weighted by Crippen LogP contribution is -2.03. The zero-order chi connectivity index (χ0) is 16.4. The highest BCUT2D eigenvalue weighted by atomic mass is 16.5. The van der Waals surface area contributed by atoms with E-state index in [1.54, 1.807) is 25.7 Å². The summed E-state index contributed by atoms with van der Waals surface area (Å²) in [6, 6.07) is 15.9. The minimum absolute atomic E-state index is 0.690. The van der Waals surface area contributed by atoms with Crippen molar-refractivity contribution < 1.29 is 4.74 Å². The molecule has 0 saturated carbocycles. The maximum absolute atomic E-state index is 5.32. The minimum Gasteiger partial charge on any atom is -0.497 e. The Balaban J connectivity index is 1.85. The molecule has 0 unspecified atom stereocenters. The summed E-state index contributed by atoms with van der Waals surface area (Å²) in [5.74, 6) is 1.78. The van der Waals surface area contributed by atoms with E-state index in [4.69, 9.17) is 9.72 Å². The van der Waals surface area contributed by atoms with Gasteiger partial charge in [0.2, 0.25) is 0 Å². The van der Waals surface area contributed by atoms with Gasteiger partial charge in [0.1, 0.15) is 17.1 Å². The molecule has 4 rings (SSSR count). The molecular formula is C19H16N4O. The van der Waals surface area contributed by atoms with Crippen LogP contribution < -0.4 is 4.74 Å². The first-order chi connectivity index (χ1) is 11.8. The molecule has 0 N–H and O–H groups in total. The van der Waals surface area contributed by atoms with Crippen LogP contribution in [0.15, 0.2) is 67.1 Å². The molecule has 0 radical (unpaired) electrons. The predicted octanol–water partition coefficient (Wildman–Crippen LogP) is 3.41. The fourth-order valence-electron chi connectivity index (χ4n) is 2.81. The van der Waals surface area contributed by atoms with Crippen LogP contribution in [0.2, 0.25) is 0 Å². The van der Waals surface area contributed by atoms with Crippen LogP contribution in [0.25, 0.3) is 16.9 Å². The molecule has 0 fully saturated rings. The second-order valence-electron chi connectivity index (χ2n) is 5.44. The van der Waals surface area contributed by atoms with Crippen molar-refractivity contribution in [3.05, 3.63) is 78.5 Å². The Morgan fingerprint density at radius 1 is 1.00 bits per heavy atom. The maximum Gasteiger partial charge on any atom is 0.164 e. The second kappa shape index (κ2) is 6.12. The molecule has 0 aliphatic carbocycles. The Kier molecular flexibility index (Phi) is 3.67. The number of ether oxygens (including phenoxy) is 1. The number of hydrogen-bond donors (Lipinski definition) is 0. The summed E-state index contributed by atoms with van der Waals surface area (Å²) in [5, 5.41) is 0. The third-order valence-corrected chi connectivity index (χ3v) is 3.90. The average Bonchev–Trinajstić information content (AvgIpc) is 3.00. The van der Waals surface area contributed by atoms with Gasteiger partial charge in [0.25, 0.3) is 0 Å². The molecule has 118 valence electrons. The van der Waals surface area contributed by atoms with Crippen LogP contribution in [0, 0.1) is 0 Å². The number of imidazole rings is 1. The number of methoxy groups -OCH3 is 1. The van der Waals surface area contributed by atoms with Crippen molar-refractivity contribution >= 4 is 11.2 Å². The zero-order valence-electron chi connectivity index (χ0n) is 13.3. The Labute approximate surface area is 139 Å². The number of rotatable bonds is 4. The summed E-state index contributed by atoms with van der Waals surface area (Å²) >= 11 is 0. The number of aromatic nitrogens is 4. The molecule has 0 atom stereocenters. The smallest absolute Gasteiger partial charge is 0.164 e. The van der Waals surface area contributed by atoms with E-state index in [1.807, 2.05) is 42.5 Å². The molecule has 1 aromatic carbocycles. The Bertz CT molecular complexity index is 979. The van der Waals surface area contributed by atoms with Crippen LogP contribution in [0.1, 0.15) is 11.4 Å². The van der Waals surface area contributed by atoms with Crippen LogP contribution in [0.3, 0.4) is 0 Å². The standard InChI is InChI=1S/C19H16N4O/c1-24-16-5-2-4-14(12-16)13-18-22-17-6-3-9-21-19(17)23(18)15-7-10-20-11-8-15/h2-12H,13H2,1H3. The summed E-state index contributed by atoms with van der Waals surface area (Å²) in [6.07, 6.45) is 6.03. The van der Waals surface area contributed by atoms with Gasteiger partial charge in [-0.25, -0.2) is 9.97 Å². The van der Waals surface area contributed by atoms with Crippen LogP contribution >= 0.6 is 0 Å². The monoisotopic (exact) mass is 316 g/mol. The largest absolute Gasteiger partial charge is 0.497 e. The fraction of sp³-hybridized carbons (Fsp3) is 0.105. The first kappa shape index (κ1) is 14.4. The van der Waals surface area contributed by atoms with E-state index < -0.39 is 0 Å². The van der Waals surface area contributed by atoms with Crippen LogP contribution in [0.4, 0.5) is 0 Å². The second-order valence-corrected chi connectivity index (χ2v) is 5.44. The molecule has 3 aromatic heterocycles. The van der Waals surface area contributed by atoms with E-state index in [2.05, 4.69) is 20.6 Å². The third-order valence-electron chi connectivity index (χ3n) is 3.90. The first-order valence-electron chi connectivity index (χ1n) is 7.71. The molecule has 0 aliphatic rings. The summed E-state index contributed by atoms with van der Waals surface area (Å²) in [5.41, 5.74) is 3.87. The molecular weight excluding hydrogens is 300 g/mol. The molecule has 4 aromatic rings. The van der Waals surface area contributed by atoms with Crippen LogP contribution in [-0.2, 0) is 6.42 Å². The topological polar surface area (TPSA) is 52.8 Å². The van der Waals surface area contributed by atoms with Crippen molar-refractivity contribution in [3.8, 4) is 11.4 Å². The van der Waals surface area contributed by atoms with Crippen molar-refractivity contribution in [1.29, 1.82) is 0 Å². The molecule has 0 amide bonds. The zero-order valence-corrected chi connectivity index (χ0v) is 13.3. The van der Waals surface area contributed by atoms with Crippen molar-refractivity contribution in [2.24, 2.45) is 0 Å². The SMILES string of the molecule is COc1cccc(Cc2nc3cccnc3n2-c2ccncc2)c1. The highest BCUT2D eigenvalue weighted by Gasteiger charge is 2.14. The van der Waals surface area contributed by atoms with Gasteiger partial charge >= 0.3 is 0 Å². The van der Waals surface area contributed by atoms with E-state index >= 15 is 0 Å². The summed E-state index contributed by atoms with van der Waals surface area (Å²) in [4.78, 5) is 13.4. The van der Waals surface area contributed by atoms with Crippen LogP contribution in [-0.4, -0.2) is 26.6 Å². The number of benzene rings is 1. The predicted molar refractivity (Wildman–Crippen MR) is 92.5 cm³/mol.